The monoisotopic (exact) mass is 237 g/mol. The zero-order valence-corrected chi connectivity index (χ0v) is 10.9. The fourth-order valence-electron chi connectivity index (χ4n) is 2.49. The molecule has 1 aromatic rings. The SMILES string of the molecule is CC(C)n1cncc1COCC1(N)CCCC1. The largest absolute Gasteiger partial charge is 0.373 e. The molecule has 0 amide bonds. The Kier molecular flexibility index (Phi) is 3.84. The van der Waals surface area contributed by atoms with E-state index in [1.807, 2.05) is 12.5 Å². The fraction of sp³-hybridized carbons (Fsp3) is 0.769. The molecule has 0 radical (unpaired) electrons. The van der Waals surface area contributed by atoms with Gasteiger partial charge in [0.1, 0.15) is 0 Å². The van der Waals surface area contributed by atoms with E-state index < -0.39 is 0 Å². The Morgan fingerprint density at radius 3 is 2.82 bits per heavy atom. The third-order valence-corrected chi connectivity index (χ3v) is 3.54. The molecule has 0 bridgehead atoms. The van der Waals surface area contributed by atoms with E-state index in [1.54, 1.807) is 0 Å². The van der Waals surface area contributed by atoms with E-state index in [0.717, 1.165) is 18.5 Å². The third kappa shape index (κ3) is 3.07. The van der Waals surface area contributed by atoms with Gasteiger partial charge in [0.25, 0.3) is 0 Å². The van der Waals surface area contributed by atoms with Crippen LogP contribution in [0.3, 0.4) is 0 Å². The van der Waals surface area contributed by atoms with Crippen molar-refractivity contribution in [1.29, 1.82) is 0 Å². The van der Waals surface area contributed by atoms with Crippen LogP contribution < -0.4 is 5.73 Å². The van der Waals surface area contributed by atoms with E-state index in [0.29, 0.717) is 19.3 Å². The number of nitrogens with two attached hydrogens (primary N) is 1. The van der Waals surface area contributed by atoms with Gasteiger partial charge in [-0.25, -0.2) is 4.98 Å². The number of aromatic nitrogens is 2. The molecule has 1 aliphatic carbocycles. The summed E-state index contributed by atoms with van der Waals surface area (Å²) in [6.07, 6.45) is 8.40. The summed E-state index contributed by atoms with van der Waals surface area (Å²) in [6, 6.07) is 0.425. The molecule has 4 nitrogen and oxygen atoms in total. The molecule has 1 saturated carbocycles. The maximum absolute atomic E-state index is 6.25. The summed E-state index contributed by atoms with van der Waals surface area (Å²) in [4.78, 5) is 4.16. The molecule has 0 aliphatic heterocycles. The van der Waals surface area contributed by atoms with Crippen molar-refractivity contribution in [3.05, 3.63) is 18.2 Å². The summed E-state index contributed by atoms with van der Waals surface area (Å²) in [7, 11) is 0. The van der Waals surface area contributed by atoms with E-state index in [2.05, 4.69) is 23.4 Å². The number of imidazole rings is 1. The van der Waals surface area contributed by atoms with Crippen LogP contribution in [0.25, 0.3) is 0 Å². The van der Waals surface area contributed by atoms with Crippen molar-refractivity contribution in [2.45, 2.75) is 57.7 Å². The molecule has 1 aromatic heterocycles. The van der Waals surface area contributed by atoms with Gasteiger partial charge in [-0.15, -0.1) is 0 Å². The predicted molar refractivity (Wildman–Crippen MR) is 67.7 cm³/mol. The number of hydrogen-bond donors (Lipinski definition) is 1. The van der Waals surface area contributed by atoms with Crippen LogP contribution in [0.4, 0.5) is 0 Å². The smallest absolute Gasteiger partial charge is 0.0951 e. The first-order valence-electron chi connectivity index (χ1n) is 6.48. The van der Waals surface area contributed by atoms with Gasteiger partial charge in [0, 0.05) is 11.6 Å². The van der Waals surface area contributed by atoms with Crippen LogP contribution >= 0.6 is 0 Å². The summed E-state index contributed by atoms with van der Waals surface area (Å²) in [6.45, 7) is 5.56. The molecule has 0 spiro atoms. The van der Waals surface area contributed by atoms with Crippen molar-refractivity contribution in [3.63, 3.8) is 0 Å². The Morgan fingerprint density at radius 1 is 1.47 bits per heavy atom. The standard InChI is InChI=1S/C13H23N3O/c1-11(2)16-10-15-7-12(16)8-17-9-13(14)5-3-4-6-13/h7,10-11H,3-6,8-9,14H2,1-2H3. The van der Waals surface area contributed by atoms with E-state index in [9.17, 15) is 0 Å². The van der Waals surface area contributed by atoms with Crippen LogP contribution in [-0.2, 0) is 11.3 Å². The quantitative estimate of drug-likeness (QED) is 0.854. The lowest BCUT2D eigenvalue weighted by molar-refractivity contribution is 0.0709. The van der Waals surface area contributed by atoms with E-state index in [1.165, 1.54) is 12.8 Å². The number of ether oxygens (including phenoxy) is 1. The second kappa shape index (κ2) is 5.19. The van der Waals surface area contributed by atoms with Crippen LogP contribution in [0, 0.1) is 0 Å². The molecule has 96 valence electrons. The highest BCUT2D eigenvalue weighted by Gasteiger charge is 2.29. The Labute approximate surface area is 103 Å². The fourth-order valence-corrected chi connectivity index (χ4v) is 2.49. The average molecular weight is 237 g/mol. The zero-order valence-electron chi connectivity index (χ0n) is 10.9. The molecular formula is C13H23N3O. The first-order chi connectivity index (χ1) is 8.11. The lowest BCUT2D eigenvalue weighted by Gasteiger charge is -2.23. The highest BCUT2D eigenvalue weighted by Crippen LogP contribution is 2.27. The summed E-state index contributed by atoms with van der Waals surface area (Å²) < 4.78 is 7.91. The maximum atomic E-state index is 6.25. The van der Waals surface area contributed by atoms with Crippen LogP contribution in [0.1, 0.15) is 51.3 Å². The van der Waals surface area contributed by atoms with Gasteiger partial charge in [-0.2, -0.15) is 0 Å². The Morgan fingerprint density at radius 2 is 2.18 bits per heavy atom. The van der Waals surface area contributed by atoms with Crippen LogP contribution in [0.2, 0.25) is 0 Å². The molecule has 0 unspecified atom stereocenters. The van der Waals surface area contributed by atoms with Gasteiger partial charge >= 0.3 is 0 Å². The van der Waals surface area contributed by atoms with Gasteiger partial charge in [0.05, 0.1) is 31.4 Å². The molecule has 1 aliphatic rings. The minimum absolute atomic E-state index is 0.0807. The first kappa shape index (κ1) is 12.6. The summed E-state index contributed by atoms with van der Waals surface area (Å²) in [5.41, 5.74) is 7.29. The topological polar surface area (TPSA) is 53.1 Å². The van der Waals surface area contributed by atoms with Crippen molar-refractivity contribution in [2.75, 3.05) is 6.61 Å². The van der Waals surface area contributed by atoms with E-state index >= 15 is 0 Å². The van der Waals surface area contributed by atoms with Crippen molar-refractivity contribution in [1.82, 2.24) is 9.55 Å². The molecule has 2 N–H and O–H groups in total. The minimum Gasteiger partial charge on any atom is -0.373 e. The highest BCUT2D eigenvalue weighted by molar-refractivity contribution is 4.98. The van der Waals surface area contributed by atoms with Gasteiger partial charge in [-0.3, -0.25) is 0 Å². The number of hydrogen-bond acceptors (Lipinski definition) is 3. The molecule has 0 aromatic carbocycles. The predicted octanol–water partition coefficient (Wildman–Crippen LogP) is 2.25. The lowest BCUT2D eigenvalue weighted by Crippen LogP contribution is -2.41. The lowest BCUT2D eigenvalue weighted by atomic mass is 10.0. The van der Waals surface area contributed by atoms with Gasteiger partial charge in [0.15, 0.2) is 0 Å². The van der Waals surface area contributed by atoms with E-state index in [4.69, 9.17) is 10.5 Å². The highest BCUT2D eigenvalue weighted by atomic mass is 16.5. The molecule has 17 heavy (non-hydrogen) atoms. The summed E-state index contributed by atoms with van der Waals surface area (Å²) in [5.74, 6) is 0. The summed E-state index contributed by atoms with van der Waals surface area (Å²) >= 11 is 0. The number of nitrogens with zero attached hydrogens (tertiary/aromatic N) is 2. The van der Waals surface area contributed by atoms with Crippen molar-refractivity contribution in [3.8, 4) is 0 Å². The van der Waals surface area contributed by atoms with Gasteiger partial charge in [-0.05, 0) is 26.7 Å². The first-order valence-corrected chi connectivity index (χ1v) is 6.48. The normalized spacial score (nSPS) is 19.1. The minimum atomic E-state index is -0.0807. The second-order valence-electron chi connectivity index (χ2n) is 5.45. The van der Waals surface area contributed by atoms with Crippen LogP contribution in [0.5, 0.6) is 0 Å². The third-order valence-electron chi connectivity index (χ3n) is 3.54. The van der Waals surface area contributed by atoms with Gasteiger partial charge in [0.2, 0.25) is 0 Å². The number of rotatable bonds is 5. The van der Waals surface area contributed by atoms with Gasteiger partial charge < -0.3 is 15.0 Å². The van der Waals surface area contributed by atoms with Gasteiger partial charge in [-0.1, -0.05) is 12.8 Å². The Balaban J connectivity index is 1.83. The van der Waals surface area contributed by atoms with Crippen molar-refractivity contribution in [2.24, 2.45) is 5.73 Å². The van der Waals surface area contributed by atoms with Crippen molar-refractivity contribution < 1.29 is 4.74 Å². The average Bonchev–Trinajstić information content (AvgIpc) is 2.87. The molecular weight excluding hydrogens is 214 g/mol. The zero-order chi connectivity index (χ0) is 12.3. The maximum Gasteiger partial charge on any atom is 0.0951 e. The molecule has 0 saturated heterocycles. The molecule has 0 atom stereocenters. The molecule has 1 fully saturated rings. The van der Waals surface area contributed by atoms with E-state index in [-0.39, 0.29) is 5.54 Å². The summed E-state index contributed by atoms with van der Waals surface area (Å²) in [5, 5.41) is 0. The second-order valence-corrected chi connectivity index (χ2v) is 5.45. The molecule has 2 rings (SSSR count). The molecule has 4 heteroatoms. The van der Waals surface area contributed by atoms with Crippen LogP contribution in [-0.4, -0.2) is 21.7 Å². The Hall–Kier alpha value is -0.870. The van der Waals surface area contributed by atoms with Crippen LogP contribution in [0.15, 0.2) is 12.5 Å². The molecule has 1 heterocycles. The Bertz CT molecular complexity index is 353. The van der Waals surface area contributed by atoms with Crippen molar-refractivity contribution >= 4 is 0 Å².